The monoisotopic (exact) mass is 265 g/mol. The van der Waals surface area contributed by atoms with Gasteiger partial charge in [-0.2, -0.15) is 0 Å². The van der Waals surface area contributed by atoms with E-state index in [-0.39, 0.29) is 0 Å². The third kappa shape index (κ3) is 3.18. The molecule has 0 aliphatic carbocycles. The van der Waals surface area contributed by atoms with Crippen LogP contribution in [0, 0.1) is 0 Å². The first-order chi connectivity index (χ1) is 8.35. The zero-order valence-corrected chi connectivity index (χ0v) is 11.9. The van der Waals surface area contributed by atoms with Crippen molar-refractivity contribution in [2.45, 2.75) is 32.2 Å². The lowest BCUT2D eigenvalue weighted by Crippen LogP contribution is -2.19. The van der Waals surface area contributed by atoms with Crippen molar-refractivity contribution in [1.29, 1.82) is 0 Å². The number of hydrogen-bond acceptors (Lipinski definition) is 3. The molecule has 2 aromatic rings. The van der Waals surface area contributed by atoms with Gasteiger partial charge in [-0.1, -0.05) is 13.0 Å². The number of rotatable bonds is 7. The summed E-state index contributed by atoms with van der Waals surface area (Å²) in [6.07, 6.45) is 5.54. The first kappa shape index (κ1) is 12.8. The highest BCUT2D eigenvalue weighted by Gasteiger charge is 2.13. The number of allylic oxidation sites excluding steroid dienone is 1. The normalized spacial score (nSPS) is 13.0. The van der Waals surface area contributed by atoms with Gasteiger partial charge in [0.25, 0.3) is 0 Å². The summed E-state index contributed by atoms with van der Waals surface area (Å²) in [6, 6.07) is 5.09. The molecule has 2 rings (SSSR count). The average Bonchev–Trinajstić information content (AvgIpc) is 2.88. The largest absolute Gasteiger partial charge is 0.310 e. The topological polar surface area (TPSA) is 12.0 Å². The number of thiophene rings is 2. The maximum absolute atomic E-state index is 3.79. The maximum Gasteiger partial charge on any atom is 0.0454 e. The molecular weight excluding hydrogens is 246 g/mol. The second-order valence-electron chi connectivity index (χ2n) is 4.13. The van der Waals surface area contributed by atoms with Gasteiger partial charge in [-0.25, -0.2) is 0 Å². The van der Waals surface area contributed by atoms with Crippen LogP contribution >= 0.6 is 22.7 Å². The summed E-state index contributed by atoms with van der Waals surface area (Å²) in [5, 5.41) is 5.76. The summed E-state index contributed by atoms with van der Waals surface area (Å²) in [4.78, 5) is 1.48. The minimum absolute atomic E-state index is 0.518. The Balaban J connectivity index is 2.08. The van der Waals surface area contributed by atoms with Gasteiger partial charge in [0.05, 0.1) is 0 Å². The summed E-state index contributed by atoms with van der Waals surface area (Å²) in [6.45, 7) is 7.00. The van der Waals surface area contributed by atoms with Gasteiger partial charge in [0.1, 0.15) is 0 Å². The van der Waals surface area contributed by atoms with Gasteiger partial charge in [0.15, 0.2) is 0 Å². The quantitative estimate of drug-likeness (QED) is 0.550. The number of hydrogen-bond donors (Lipinski definition) is 1. The van der Waals surface area contributed by atoms with Crippen LogP contribution in [0.15, 0.2) is 30.2 Å². The van der Waals surface area contributed by atoms with Crippen LogP contribution in [0.3, 0.4) is 0 Å². The molecule has 1 nitrogen and oxygen atoms in total. The molecule has 0 radical (unpaired) electrons. The third-order valence-electron chi connectivity index (χ3n) is 2.85. The first-order valence-electron chi connectivity index (χ1n) is 6.16. The van der Waals surface area contributed by atoms with E-state index >= 15 is 0 Å². The molecule has 0 fully saturated rings. The predicted octanol–water partition coefficient (Wildman–Crippen LogP) is 4.97. The molecule has 1 unspecified atom stereocenters. The molecule has 0 saturated heterocycles. The lowest BCUT2D eigenvalue weighted by Gasteiger charge is -2.15. The van der Waals surface area contributed by atoms with Crippen molar-refractivity contribution in [3.8, 4) is 0 Å². The molecular formula is C14H19NS2. The van der Waals surface area contributed by atoms with Crippen LogP contribution in [-0.4, -0.2) is 6.54 Å². The fourth-order valence-electron chi connectivity index (χ4n) is 2.01. The smallest absolute Gasteiger partial charge is 0.0454 e. The zero-order valence-electron chi connectivity index (χ0n) is 10.2. The molecule has 2 aromatic heterocycles. The van der Waals surface area contributed by atoms with E-state index in [1.165, 1.54) is 27.1 Å². The molecule has 0 aliphatic heterocycles. The Bertz CT molecular complexity index is 441. The summed E-state index contributed by atoms with van der Waals surface area (Å²) < 4.78 is 2.85. The minimum Gasteiger partial charge on any atom is -0.310 e. The van der Waals surface area contributed by atoms with Crippen molar-refractivity contribution in [3.05, 3.63) is 35.0 Å². The van der Waals surface area contributed by atoms with Crippen LogP contribution in [0.2, 0.25) is 0 Å². The van der Waals surface area contributed by atoms with E-state index < -0.39 is 0 Å². The van der Waals surface area contributed by atoms with Gasteiger partial charge in [0.2, 0.25) is 0 Å². The van der Waals surface area contributed by atoms with E-state index in [9.17, 15) is 0 Å². The SMILES string of the molecule is C=CCCCC(NCC)c1cc2sccc2s1. The molecule has 3 heteroatoms. The van der Waals surface area contributed by atoms with Gasteiger partial charge < -0.3 is 5.32 Å². The highest BCUT2D eigenvalue weighted by Crippen LogP contribution is 2.34. The number of unbranched alkanes of at least 4 members (excludes halogenated alkanes) is 1. The van der Waals surface area contributed by atoms with Crippen molar-refractivity contribution >= 4 is 32.1 Å². The van der Waals surface area contributed by atoms with Crippen LogP contribution in [0.4, 0.5) is 0 Å². The predicted molar refractivity (Wildman–Crippen MR) is 80.2 cm³/mol. The summed E-state index contributed by atoms with van der Waals surface area (Å²) in [5.74, 6) is 0. The fourth-order valence-corrected chi connectivity index (χ4v) is 4.24. The van der Waals surface area contributed by atoms with Gasteiger partial charge >= 0.3 is 0 Å². The molecule has 0 aromatic carbocycles. The molecule has 92 valence electrons. The third-order valence-corrected chi connectivity index (χ3v) is 5.06. The Morgan fingerprint density at radius 1 is 1.47 bits per heavy atom. The molecule has 0 spiro atoms. The molecule has 0 saturated carbocycles. The second kappa shape index (κ2) is 6.34. The Hall–Kier alpha value is -0.640. The van der Waals surface area contributed by atoms with E-state index in [1.54, 1.807) is 0 Å². The molecule has 0 aliphatic rings. The molecule has 1 N–H and O–H groups in total. The van der Waals surface area contributed by atoms with Crippen molar-refractivity contribution in [1.82, 2.24) is 5.32 Å². The van der Waals surface area contributed by atoms with Gasteiger partial charge in [0, 0.05) is 20.3 Å². The number of nitrogens with one attached hydrogen (secondary N) is 1. The molecule has 0 amide bonds. The summed E-state index contributed by atoms with van der Waals surface area (Å²) in [7, 11) is 0. The van der Waals surface area contributed by atoms with Gasteiger partial charge in [-0.05, 0) is 43.3 Å². The Morgan fingerprint density at radius 2 is 2.35 bits per heavy atom. The van der Waals surface area contributed by atoms with Crippen LogP contribution in [0.25, 0.3) is 9.40 Å². The van der Waals surface area contributed by atoms with E-state index in [0.717, 1.165) is 13.0 Å². The van der Waals surface area contributed by atoms with E-state index in [1.807, 2.05) is 28.7 Å². The minimum atomic E-state index is 0.518. The van der Waals surface area contributed by atoms with Crippen LogP contribution in [-0.2, 0) is 0 Å². The van der Waals surface area contributed by atoms with Crippen molar-refractivity contribution in [2.75, 3.05) is 6.54 Å². The fraction of sp³-hybridized carbons (Fsp3) is 0.429. The summed E-state index contributed by atoms with van der Waals surface area (Å²) >= 11 is 3.77. The van der Waals surface area contributed by atoms with Crippen molar-refractivity contribution < 1.29 is 0 Å². The molecule has 17 heavy (non-hydrogen) atoms. The van der Waals surface area contributed by atoms with Crippen molar-refractivity contribution in [3.63, 3.8) is 0 Å². The van der Waals surface area contributed by atoms with E-state index in [0.29, 0.717) is 6.04 Å². The van der Waals surface area contributed by atoms with Crippen LogP contribution < -0.4 is 5.32 Å². The van der Waals surface area contributed by atoms with E-state index in [4.69, 9.17) is 0 Å². The summed E-state index contributed by atoms with van der Waals surface area (Å²) in [5.41, 5.74) is 0. The molecule has 0 bridgehead atoms. The average molecular weight is 265 g/mol. The first-order valence-corrected chi connectivity index (χ1v) is 7.86. The van der Waals surface area contributed by atoms with Gasteiger partial charge in [-0.15, -0.1) is 29.3 Å². The molecule has 1 atom stereocenters. The second-order valence-corrected chi connectivity index (χ2v) is 6.19. The highest BCUT2D eigenvalue weighted by atomic mass is 32.1. The highest BCUT2D eigenvalue weighted by molar-refractivity contribution is 7.26. The lowest BCUT2D eigenvalue weighted by molar-refractivity contribution is 0.507. The van der Waals surface area contributed by atoms with Gasteiger partial charge in [-0.3, -0.25) is 0 Å². The lowest BCUT2D eigenvalue weighted by atomic mass is 10.1. The zero-order chi connectivity index (χ0) is 12.1. The maximum atomic E-state index is 3.79. The van der Waals surface area contributed by atoms with E-state index in [2.05, 4.69) is 36.3 Å². The molecule has 2 heterocycles. The van der Waals surface area contributed by atoms with Crippen LogP contribution in [0.5, 0.6) is 0 Å². The Morgan fingerprint density at radius 3 is 3.06 bits per heavy atom. The number of fused-ring (bicyclic) bond motifs is 1. The Labute approximate surface area is 111 Å². The standard InChI is InChI=1S/C14H19NS2/c1-3-5-6-7-11(15-4-2)13-10-14-12(17-13)8-9-16-14/h3,8-11,15H,1,4-7H2,2H3. The van der Waals surface area contributed by atoms with Crippen LogP contribution in [0.1, 0.15) is 37.1 Å². The van der Waals surface area contributed by atoms with Crippen molar-refractivity contribution in [2.24, 2.45) is 0 Å². The Kier molecular flexibility index (Phi) is 4.77.